The number of nitrogens with zero attached hydrogens (tertiary/aromatic N) is 1. The van der Waals surface area contributed by atoms with Crippen LogP contribution < -0.4 is 14.6 Å². The van der Waals surface area contributed by atoms with Crippen molar-refractivity contribution in [2.24, 2.45) is 5.14 Å². The molecule has 0 aliphatic heterocycles. The van der Waals surface area contributed by atoms with E-state index >= 15 is 0 Å². The van der Waals surface area contributed by atoms with Gasteiger partial charge in [-0.2, -0.15) is 0 Å². The molecule has 138 valence electrons. The second kappa shape index (κ2) is 7.98. The maximum atomic E-state index is 11.2. The van der Waals surface area contributed by atoms with Crippen LogP contribution in [0.2, 0.25) is 0 Å². The van der Waals surface area contributed by atoms with E-state index in [2.05, 4.69) is 9.97 Å². The standard InChI is InChI=1S/C17H19N3O4S2/c1-2-23-13-5-8-15-16(11-13)20-17(19-15)25-10-9-24-12-3-6-14(7-4-12)26(18,21)22/h3-8,11H,2,9-10H2,1H3,(H,19,20)(H2,18,21,22). The van der Waals surface area contributed by atoms with E-state index in [1.807, 2.05) is 25.1 Å². The van der Waals surface area contributed by atoms with E-state index < -0.39 is 10.0 Å². The van der Waals surface area contributed by atoms with Gasteiger partial charge in [-0.1, -0.05) is 11.8 Å². The number of benzene rings is 2. The molecule has 0 fully saturated rings. The molecule has 0 spiro atoms. The molecule has 1 heterocycles. The molecule has 0 bridgehead atoms. The van der Waals surface area contributed by atoms with Crippen LogP contribution in [0, 0.1) is 0 Å². The van der Waals surface area contributed by atoms with Crippen LogP contribution in [0.3, 0.4) is 0 Å². The summed E-state index contributed by atoms with van der Waals surface area (Å²) in [6, 6.07) is 11.8. The van der Waals surface area contributed by atoms with Crippen molar-refractivity contribution in [1.82, 2.24) is 9.97 Å². The first-order chi connectivity index (χ1) is 12.5. The molecule has 7 nitrogen and oxygen atoms in total. The number of fused-ring (bicyclic) bond motifs is 1. The zero-order chi connectivity index (χ0) is 18.6. The Hall–Kier alpha value is -2.23. The summed E-state index contributed by atoms with van der Waals surface area (Å²) in [7, 11) is -3.68. The Kier molecular flexibility index (Phi) is 5.70. The molecule has 9 heteroatoms. The highest BCUT2D eigenvalue weighted by Gasteiger charge is 2.08. The molecule has 1 aromatic heterocycles. The van der Waals surface area contributed by atoms with Gasteiger partial charge in [0, 0.05) is 11.8 Å². The van der Waals surface area contributed by atoms with Gasteiger partial charge in [0.2, 0.25) is 10.0 Å². The van der Waals surface area contributed by atoms with Crippen LogP contribution in [-0.4, -0.2) is 37.4 Å². The van der Waals surface area contributed by atoms with Crippen LogP contribution in [-0.2, 0) is 10.0 Å². The van der Waals surface area contributed by atoms with E-state index in [4.69, 9.17) is 14.6 Å². The fraction of sp³-hybridized carbons (Fsp3) is 0.235. The molecular weight excluding hydrogens is 374 g/mol. The number of aromatic amines is 1. The Balaban J connectivity index is 1.52. The summed E-state index contributed by atoms with van der Waals surface area (Å²) in [6.07, 6.45) is 0. The Labute approximate surface area is 156 Å². The lowest BCUT2D eigenvalue weighted by atomic mass is 10.3. The van der Waals surface area contributed by atoms with E-state index in [1.165, 1.54) is 12.1 Å². The third-order valence-electron chi connectivity index (χ3n) is 3.49. The highest BCUT2D eigenvalue weighted by molar-refractivity contribution is 7.99. The van der Waals surface area contributed by atoms with Crippen molar-refractivity contribution in [1.29, 1.82) is 0 Å². The normalized spacial score (nSPS) is 11.6. The molecule has 0 amide bonds. The van der Waals surface area contributed by atoms with Crippen molar-refractivity contribution in [2.45, 2.75) is 17.0 Å². The highest BCUT2D eigenvalue weighted by Crippen LogP contribution is 2.23. The van der Waals surface area contributed by atoms with Crippen molar-refractivity contribution in [2.75, 3.05) is 19.0 Å². The van der Waals surface area contributed by atoms with Gasteiger partial charge in [-0.3, -0.25) is 0 Å². The van der Waals surface area contributed by atoms with Crippen molar-refractivity contribution in [3.05, 3.63) is 42.5 Å². The number of sulfonamides is 1. The lowest BCUT2D eigenvalue weighted by molar-refractivity contribution is 0.340. The maximum absolute atomic E-state index is 11.2. The van der Waals surface area contributed by atoms with Crippen molar-refractivity contribution < 1.29 is 17.9 Å². The third-order valence-corrected chi connectivity index (χ3v) is 5.25. The van der Waals surface area contributed by atoms with Crippen LogP contribution in [0.15, 0.2) is 52.5 Å². The molecular formula is C17H19N3O4S2. The van der Waals surface area contributed by atoms with E-state index in [0.29, 0.717) is 24.7 Å². The average molecular weight is 393 g/mol. The zero-order valence-corrected chi connectivity index (χ0v) is 15.8. The molecule has 3 aromatic rings. The first-order valence-corrected chi connectivity index (χ1v) is 10.5. The average Bonchev–Trinajstić information content (AvgIpc) is 3.01. The SMILES string of the molecule is CCOc1ccc2nc(SCCOc3ccc(S(N)(=O)=O)cc3)[nH]c2c1. The van der Waals surface area contributed by atoms with Crippen LogP contribution in [0.1, 0.15) is 6.92 Å². The summed E-state index contributed by atoms with van der Waals surface area (Å²) in [5.41, 5.74) is 1.81. The molecule has 3 rings (SSSR count). The summed E-state index contributed by atoms with van der Waals surface area (Å²) in [4.78, 5) is 7.83. The van der Waals surface area contributed by atoms with E-state index in [-0.39, 0.29) is 4.90 Å². The molecule has 0 atom stereocenters. The molecule has 26 heavy (non-hydrogen) atoms. The lowest BCUT2D eigenvalue weighted by Crippen LogP contribution is -2.11. The quantitative estimate of drug-likeness (QED) is 0.450. The van der Waals surface area contributed by atoms with E-state index in [1.54, 1.807) is 23.9 Å². The van der Waals surface area contributed by atoms with E-state index in [0.717, 1.165) is 21.9 Å². The zero-order valence-electron chi connectivity index (χ0n) is 14.1. The number of thioether (sulfide) groups is 1. The number of imidazole rings is 1. The maximum Gasteiger partial charge on any atom is 0.238 e. The largest absolute Gasteiger partial charge is 0.494 e. The monoisotopic (exact) mass is 393 g/mol. The molecule has 0 radical (unpaired) electrons. The minimum Gasteiger partial charge on any atom is -0.494 e. The van der Waals surface area contributed by atoms with Gasteiger partial charge >= 0.3 is 0 Å². The van der Waals surface area contributed by atoms with Gasteiger partial charge in [-0.25, -0.2) is 18.5 Å². The molecule has 0 aliphatic carbocycles. The lowest BCUT2D eigenvalue weighted by Gasteiger charge is -2.05. The Morgan fingerprint density at radius 2 is 1.85 bits per heavy atom. The topological polar surface area (TPSA) is 107 Å². The number of aromatic nitrogens is 2. The number of nitrogens with one attached hydrogen (secondary N) is 1. The number of hydrogen-bond donors (Lipinski definition) is 2. The van der Waals surface area contributed by atoms with Gasteiger partial charge in [0.1, 0.15) is 11.5 Å². The first-order valence-electron chi connectivity index (χ1n) is 7.97. The minimum absolute atomic E-state index is 0.0629. The van der Waals surface area contributed by atoms with Crippen LogP contribution in [0.25, 0.3) is 11.0 Å². The first kappa shape index (κ1) is 18.6. The van der Waals surface area contributed by atoms with Gasteiger partial charge in [0.15, 0.2) is 5.16 Å². The van der Waals surface area contributed by atoms with Crippen LogP contribution in [0.4, 0.5) is 0 Å². The Bertz CT molecular complexity index is 985. The number of nitrogens with two attached hydrogens (primary N) is 1. The smallest absolute Gasteiger partial charge is 0.238 e. The second-order valence-corrected chi connectivity index (χ2v) is 8.01. The second-order valence-electron chi connectivity index (χ2n) is 5.37. The molecule has 2 aromatic carbocycles. The molecule has 0 saturated carbocycles. The summed E-state index contributed by atoms with van der Waals surface area (Å²) in [5.74, 6) is 2.09. The minimum atomic E-state index is -3.68. The third kappa shape index (κ3) is 4.69. The van der Waals surface area contributed by atoms with Crippen molar-refractivity contribution in [3.8, 4) is 11.5 Å². The predicted molar refractivity (Wildman–Crippen MR) is 101 cm³/mol. The fourth-order valence-electron chi connectivity index (χ4n) is 2.31. The van der Waals surface area contributed by atoms with Crippen LogP contribution in [0.5, 0.6) is 11.5 Å². The van der Waals surface area contributed by atoms with Gasteiger partial charge in [-0.05, 0) is 43.3 Å². The van der Waals surface area contributed by atoms with Crippen molar-refractivity contribution >= 4 is 32.8 Å². The van der Waals surface area contributed by atoms with E-state index in [9.17, 15) is 8.42 Å². The summed E-state index contributed by atoms with van der Waals surface area (Å²) in [6.45, 7) is 3.03. The number of ether oxygens (including phenoxy) is 2. The Morgan fingerprint density at radius 1 is 1.12 bits per heavy atom. The molecule has 0 aliphatic rings. The van der Waals surface area contributed by atoms with Crippen molar-refractivity contribution in [3.63, 3.8) is 0 Å². The number of primary sulfonamides is 1. The van der Waals surface area contributed by atoms with Gasteiger partial charge in [0.25, 0.3) is 0 Å². The van der Waals surface area contributed by atoms with Gasteiger partial charge in [-0.15, -0.1) is 0 Å². The summed E-state index contributed by atoms with van der Waals surface area (Å²) in [5, 5.41) is 5.87. The number of hydrogen-bond acceptors (Lipinski definition) is 6. The molecule has 0 saturated heterocycles. The molecule has 0 unspecified atom stereocenters. The Morgan fingerprint density at radius 3 is 2.54 bits per heavy atom. The van der Waals surface area contributed by atoms with Gasteiger partial charge in [0.05, 0.1) is 29.1 Å². The molecule has 3 N–H and O–H groups in total. The summed E-state index contributed by atoms with van der Waals surface area (Å²) >= 11 is 1.54. The fourth-order valence-corrected chi connectivity index (χ4v) is 3.53. The number of rotatable bonds is 8. The van der Waals surface area contributed by atoms with Crippen LogP contribution >= 0.6 is 11.8 Å². The summed E-state index contributed by atoms with van der Waals surface area (Å²) < 4.78 is 33.5. The number of H-pyrrole nitrogens is 1. The van der Waals surface area contributed by atoms with Gasteiger partial charge < -0.3 is 14.5 Å². The predicted octanol–water partition coefficient (Wildman–Crippen LogP) is 2.78. The highest BCUT2D eigenvalue weighted by atomic mass is 32.2.